The summed E-state index contributed by atoms with van der Waals surface area (Å²) in [6.45, 7) is 3.58. The van der Waals surface area contributed by atoms with Gasteiger partial charge in [0.25, 0.3) is 0 Å². The maximum Gasteiger partial charge on any atom is 0.308 e. The lowest BCUT2D eigenvalue weighted by molar-refractivity contribution is -0.145. The van der Waals surface area contributed by atoms with Gasteiger partial charge in [-0.05, 0) is 25.7 Å². The monoisotopic (exact) mass is 284 g/mol. The number of carboxylic acid groups (broad SMARTS) is 1. The fraction of sp³-hybridized carbons (Fsp3) is 0.786. The van der Waals surface area contributed by atoms with Gasteiger partial charge in [0.15, 0.2) is 0 Å². The highest BCUT2D eigenvalue weighted by atomic mass is 16.4. The third kappa shape index (κ3) is 5.59. The van der Waals surface area contributed by atoms with Gasteiger partial charge in [0.05, 0.1) is 5.92 Å². The number of hydrogen-bond acceptors (Lipinski definition) is 3. The van der Waals surface area contributed by atoms with E-state index in [0.29, 0.717) is 45.3 Å². The zero-order valence-electron chi connectivity index (χ0n) is 12.1. The first-order valence-corrected chi connectivity index (χ1v) is 7.31. The fourth-order valence-electron chi connectivity index (χ4n) is 2.32. The van der Waals surface area contributed by atoms with E-state index in [4.69, 9.17) is 5.11 Å². The van der Waals surface area contributed by atoms with Crippen molar-refractivity contribution in [2.75, 3.05) is 19.6 Å². The van der Waals surface area contributed by atoms with Crippen LogP contribution in [-0.2, 0) is 14.4 Å². The number of nitrogens with one attached hydrogen (secondary N) is 1. The van der Waals surface area contributed by atoms with E-state index in [1.807, 2.05) is 6.92 Å². The van der Waals surface area contributed by atoms with Gasteiger partial charge in [-0.1, -0.05) is 6.92 Å². The van der Waals surface area contributed by atoms with Gasteiger partial charge in [0.1, 0.15) is 0 Å². The molecule has 0 aliphatic carbocycles. The van der Waals surface area contributed by atoms with Crippen LogP contribution < -0.4 is 5.32 Å². The minimum absolute atomic E-state index is 0.0262. The lowest BCUT2D eigenvalue weighted by atomic mass is 9.98. The number of aliphatic carboxylic acids is 1. The van der Waals surface area contributed by atoms with Gasteiger partial charge in [-0.25, -0.2) is 0 Å². The van der Waals surface area contributed by atoms with Crippen molar-refractivity contribution in [2.24, 2.45) is 5.92 Å². The number of carboxylic acids is 1. The molecule has 6 heteroatoms. The summed E-state index contributed by atoms with van der Waals surface area (Å²) in [5.74, 6) is -1.34. The molecule has 20 heavy (non-hydrogen) atoms. The van der Waals surface area contributed by atoms with Crippen molar-refractivity contribution in [1.82, 2.24) is 10.2 Å². The molecular weight excluding hydrogens is 260 g/mol. The van der Waals surface area contributed by atoms with E-state index < -0.39 is 11.9 Å². The number of carbonyl (C=O) groups excluding carboxylic acids is 2. The molecule has 2 amide bonds. The normalized spacial score (nSPS) is 18.6. The summed E-state index contributed by atoms with van der Waals surface area (Å²) in [5.41, 5.74) is 0. The molecule has 6 nitrogen and oxygen atoms in total. The largest absolute Gasteiger partial charge is 0.481 e. The fourth-order valence-corrected chi connectivity index (χ4v) is 2.32. The van der Waals surface area contributed by atoms with Crippen LogP contribution in [0.5, 0.6) is 0 Å². The Hall–Kier alpha value is -1.59. The molecule has 1 saturated heterocycles. The van der Waals surface area contributed by atoms with Crippen molar-refractivity contribution in [3.05, 3.63) is 0 Å². The second kappa shape index (κ2) is 8.55. The average molecular weight is 284 g/mol. The quantitative estimate of drug-likeness (QED) is 0.730. The highest BCUT2D eigenvalue weighted by molar-refractivity contribution is 5.79. The summed E-state index contributed by atoms with van der Waals surface area (Å²) < 4.78 is 0. The lowest BCUT2D eigenvalue weighted by Crippen LogP contribution is -2.42. The second-order valence-electron chi connectivity index (χ2n) is 5.22. The van der Waals surface area contributed by atoms with Gasteiger partial charge in [-0.15, -0.1) is 0 Å². The molecule has 1 rings (SSSR count). The Labute approximate surface area is 119 Å². The van der Waals surface area contributed by atoms with Crippen molar-refractivity contribution in [3.63, 3.8) is 0 Å². The zero-order valence-corrected chi connectivity index (χ0v) is 12.1. The van der Waals surface area contributed by atoms with Gasteiger partial charge in [0.2, 0.25) is 11.8 Å². The molecule has 0 radical (unpaired) electrons. The van der Waals surface area contributed by atoms with Crippen LogP contribution in [0.25, 0.3) is 0 Å². The zero-order chi connectivity index (χ0) is 15.0. The van der Waals surface area contributed by atoms with Crippen molar-refractivity contribution >= 4 is 17.8 Å². The van der Waals surface area contributed by atoms with Crippen LogP contribution in [0.3, 0.4) is 0 Å². The molecule has 2 N–H and O–H groups in total. The Morgan fingerprint density at radius 2 is 2.05 bits per heavy atom. The van der Waals surface area contributed by atoms with Crippen LogP contribution in [0.4, 0.5) is 0 Å². The predicted octanol–water partition coefficient (Wildman–Crippen LogP) is 1.01. The molecule has 1 aliphatic heterocycles. The van der Waals surface area contributed by atoms with Crippen LogP contribution in [0, 0.1) is 5.92 Å². The SMILES string of the molecule is CCCNC(=O)CCCC(=O)N1CCC[C@H](C(=O)O)C1. The minimum atomic E-state index is -0.832. The molecule has 0 saturated carbocycles. The Bertz CT molecular complexity index is 357. The second-order valence-corrected chi connectivity index (χ2v) is 5.22. The van der Waals surface area contributed by atoms with Gasteiger partial charge < -0.3 is 15.3 Å². The van der Waals surface area contributed by atoms with Crippen LogP contribution in [0.15, 0.2) is 0 Å². The molecule has 0 unspecified atom stereocenters. The van der Waals surface area contributed by atoms with Crippen LogP contribution in [0.1, 0.15) is 45.4 Å². The molecule has 1 aliphatic rings. The van der Waals surface area contributed by atoms with E-state index in [1.165, 1.54) is 0 Å². The molecule has 0 aromatic carbocycles. The summed E-state index contributed by atoms with van der Waals surface area (Å²) in [4.78, 5) is 35.9. The van der Waals surface area contributed by atoms with E-state index in [-0.39, 0.29) is 11.8 Å². The molecule has 0 bridgehead atoms. The van der Waals surface area contributed by atoms with Crippen molar-refractivity contribution in [2.45, 2.75) is 45.4 Å². The Morgan fingerprint density at radius 3 is 2.70 bits per heavy atom. The van der Waals surface area contributed by atoms with Crippen LogP contribution in [0.2, 0.25) is 0 Å². The van der Waals surface area contributed by atoms with E-state index in [2.05, 4.69) is 5.32 Å². The first kappa shape index (κ1) is 16.5. The molecule has 1 atom stereocenters. The highest BCUT2D eigenvalue weighted by Gasteiger charge is 2.27. The summed E-state index contributed by atoms with van der Waals surface area (Å²) in [6.07, 6.45) is 3.45. The summed E-state index contributed by atoms with van der Waals surface area (Å²) in [7, 11) is 0. The lowest BCUT2D eigenvalue weighted by Gasteiger charge is -2.30. The average Bonchev–Trinajstić information content (AvgIpc) is 2.45. The number of carbonyl (C=O) groups is 3. The van der Waals surface area contributed by atoms with E-state index in [0.717, 1.165) is 12.8 Å². The Balaban J connectivity index is 2.25. The van der Waals surface area contributed by atoms with Crippen molar-refractivity contribution in [1.29, 1.82) is 0 Å². The van der Waals surface area contributed by atoms with E-state index in [9.17, 15) is 14.4 Å². The topological polar surface area (TPSA) is 86.7 Å². The first-order valence-electron chi connectivity index (χ1n) is 7.31. The van der Waals surface area contributed by atoms with Crippen LogP contribution in [-0.4, -0.2) is 47.4 Å². The molecule has 1 heterocycles. The van der Waals surface area contributed by atoms with Crippen LogP contribution >= 0.6 is 0 Å². The maximum absolute atomic E-state index is 12.0. The Morgan fingerprint density at radius 1 is 1.30 bits per heavy atom. The number of piperidine rings is 1. The number of amides is 2. The maximum atomic E-state index is 12.0. The van der Waals surface area contributed by atoms with Gasteiger partial charge in [0, 0.05) is 32.5 Å². The number of likely N-dealkylation sites (tertiary alicyclic amines) is 1. The summed E-state index contributed by atoms with van der Waals surface area (Å²) >= 11 is 0. The molecule has 0 aromatic heterocycles. The van der Waals surface area contributed by atoms with Gasteiger partial charge >= 0.3 is 5.97 Å². The van der Waals surface area contributed by atoms with Crippen molar-refractivity contribution < 1.29 is 19.5 Å². The first-order chi connectivity index (χ1) is 9.54. The number of nitrogens with zero attached hydrogens (tertiary/aromatic N) is 1. The number of rotatable bonds is 7. The minimum Gasteiger partial charge on any atom is -0.481 e. The summed E-state index contributed by atoms with van der Waals surface area (Å²) in [6, 6.07) is 0. The molecule has 0 spiro atoms. The van der Waals surface area contributed by atoms with E-state index in [1.54, 1.807) is 4.90 Å². The Kier molecular flexibility index (Phi) is 7.04. The van der Waals surface area contributed by atoms with Crippen molar-refractivity contribution in [3.8, 4) is 0 Å². The van der Waals surface area contributed by atoms with E-state index >= 15 is 0 Å². The van der Waals surface area contributed by atoms with Gasteiger partial charge in [-0.3, -0.25) is 14.4 Å². The van der Waals surface area contributed by atoms with Gasteiger partial charge in [-0.2, -0.15) is 0 Å². The molecule has 114 valence electrons. The smallest absolute Gasteiger partial charge is 0.308 e. The summed E-state index contributed by atoms with van der Waals surface area (Å²) in [5, 5.41) is 11.7. The number of hydrogen-bond donors (Lipinski definition) is 2. The molecule has 0 aromatic rings. The predicted molar refractivity (Wildman–Crippen MR) is 74.1 cm³/mol. The molecular formula is C14H24N2O4. The third-order valence-electron chi connectivity index (χ3n) is 3.49. The third-order valence-corrected chi connectivity index (χ3v) is 3.49. The highest BCUT2D eigenvalue weighted by Crippen LogP contribution is 2.17. The molecule has 1 fully saturated rings. The standard InChI is InChI=1S/C14H24N2O4/c1-2-8-15-12(17)6-3-7-13(18)16-9-4-5-11(10-16)14(19)20/h11H,2-10H2,1H3,(H,15,17)(H,19,20)/t11-/m0/s1.